The Hall–Kier alpha value is -2.83. The summed E-state index contributed by atoms with van der Waals surface area (Å²) in [5.41, 5.74) is 1.50. The highest BCUT2D eigenvalue weighted by Gasteiger charge is 2.15. The van der Waals surface area contributed by atoms with Crippen LogP contribution in [-0.4, -0.2) is 18.7 Å². The van der Waals surface area contributed by atoms with Crippen molar-refractivity contribution in [2.45, 2.75) is 13.3 Å². The van der Waals surface area contributed by atoms with Crippen LogP contribution in [0.2, 0.25) is 0 Å². The van der Waals surface area contributed by atoms with Crippen molar-refractivity contribution in [1.82, 2.24) is 0 Å². The minimum Gasteiger partial charge on any atom is -0.386 e. The van der Waals surface area contributed by atoms with E-state index in [0.29, 0.717) is 6.07 Å². The summed E-state index contributed by atoms with van der Waals surface area (Å²) in [4.78, 5) is 16.4. The fourth-order valence-electron chi connectivity index (χ4n) is 1.84. The Kier molecular flexibility index (Phi) is 5.95. The SMILES string of the molecule is CCc1ccc(/C=N\OCC(=O)Nc2ccc(F)c(F)c2F)cc1. The van der Waals surface area contributed by atoms with Crippen molar-refractivity contribution < 1.29 is 22.8 Å². The Balaban J connectivity index is 1.85. The molecule has 0 radical (unpaired) electrons. The van der Waals surface area contributed by atoms with Gasteiger partial charge in [-0.1, -0.05) is 36.3 Å². The molecule has 1 amide bonds. The summed E-state index contributed by atoms with van der Waals surface area (Å²) in [5, 5.41) is 5.69. The first-order chi connectivity index (χ1) is 11.5. The Morgan fingerprint density at radius 1 is 1.12 bits per heavy atom. The molecule has 0 atom stereocenters. The molecule has 0 fully saturated rings. The molecule has 2 rings (SSSR count). The number of halogens is 3. The van der Waals surface area contributed by atoms with E-state index in [1.165, 1.54) is 11.8 Å². The first-order valence-corrected chi connectivity index (χ1v) is 7.19. The van der Waals surface area contributed by atoms with Crippen LogP contribution in [0.1, 0.15) is 18.1 Å². The van der Waals surface area contributed by atoms with E-state index in [1.54, 1.807) is 0 Å². The first-order valence-electron chi connectivity index (χ1n) is 7.19. The van der Waals surface area contributed by atoms with Crippen molar-refractivity contribution in [3.63, 3.8) is 0 Å². The zero-order valence-corrected chi connectivity index (χ0v) is 12.9. The molecule has 0 aliphatic heterocycles. The number of benzene rings is 2. The Morgan fingerprint density at radius 2 is 1.83 bits per heavy atom. The molecule has 1 N–H and O–H groups in total. The quantitative estimate of drug-likeness (QED) is 0.497. The number of carbonyl (C=O) groups excluding carboxylic acids is 1. The summed E-state index contributed by atoms with van der Waals surface area (Å²) in [7, 11) is 0. The van der Waals surface area contributed by atoms with Gasteiger partial charge in [-0.2, -0.15) is 0 Å². The molecule has 2 aromatic carbocycles. The number of anilines is 1. The van der Waals surface area contributed by atoms with Gasteiger partial charge in [0.05, 0.1) is 11.9 Å². The van der Waals surface area contributed by atoms with Gasteiger partial charge in [0.15, 0.2) is 24.1 Å². The lowest BCUT2D eigenvalue weighted by Crippen LogP contribution is -2.18. The molecule has 0 aliphatic carbocycles. The normalized spacial score (nSPS) is 10.8. The number of oxime groups is 1. The fourth-order valence-corrected chi connectivity index (χ4v) is 1.84. The third kappa shape index (κ3) is 4.58. The number of rotatable bonds is 6. The van der Waals surface area contributed by atoms with E-state index in [9.17, 15) is 18.0 Å². The van der Waals surface area contributed by atoms with Gasteiger partial charge in [0.2, 0.25) is 0 Å². The van der Waals surface area contributed by atoms with Crippen LogP contribution in [0.4, 0.5) is 18.9 Å². The Bertz CT molecular complexity index is 746. The smallest absolute Gasteiger partial charge is 0.265 e. The summed E-state index contributed by atoms with van der Waals surface area (Å²) in [5.74, 6) is -5.20. The number of nitrogens with one attached hydrogen (secondary N) is 1. The fraction of sp³-hybridized carbons (Fsp3) is 0.176. The van der Waals surface area contributed by atoms with E-state index >= 15 is 0 Å². The average Bonchev–Trinajstić information content (AvgIpc) is 2.60. The molecule has 0 saturated heterocycles. The van der Waals surface area contributed by atoms with Crippen molar-refractivity contribution in [2.75, 3.05) is 11.9 Å². The van der Waals surface area contributed by atoms with Gasteiger partial charge in [0, 0.05) is 0 Å². The second kappa shape index (κ2) is 8.14. The molecule has 0 spiro atoms. The maximum Gasteiger partial charge on any atom is 0.265 e. The number of hydrogen-bond donors (Lipinski definition) is 1. The number of aryl methyl sites for hydroxylation is 1. The minimum absolute atomic E-state index is 0.471. The van der Waals surface area contributed by atoms with Crippen LogP contribution in [0, 0.1) is 17.5 Å². The van der Waals surface area contributed by atoms with Crippen LogP contribution >= 0.6 is 0 Å². The van der Waals surface area contributed by atoms with Crippen LogP contribution in [-0.2, 0) is 16.1 Å². The van der Waals surface area contributed by atoms with Gasteiger partial charge >= 0.3 is 0 Å². The monoisotopic (exact) mass is 336 g/mol. The molecule has 0 aliphatic rings. The minimum atomic E-state index is -1.65. The highest BCUT2D eigenvalue weighted by Crippen LogP contribution is 2.19. The average molecular weight is 336 g/mol. The second-order valence-corrected chi connectivity index (χ2v) is 4.87. The maximum absolute atomic E-state index is 13.4. The summed E-state index contributed by atoms with van der Waals surface area (Å²) in [6, 6.07) is 9.22. The van der Waals surface area contributed by atoms with E-state index in [2.05, 4.69) is 10.5 Å². The topological polar surface area (TPSA) is 50.7 Å². The van der Waals surface area contributed by atoms with E-state index in [0.717, 1.165) is 18.1 Å². The Morgan fingerprint density at radius 3 is 2.50 bits per heavy atom. The first kappa shape index (κ1) is 17.5. The largest absolute Gasteiger partial charge is 0.386 e. The molecule has 126 valence electrons. The lowest BCUT2D eigenvalue weighted by Gasteiger charge is -2.06. The summed E-state index contributed by atoms with van der Waals surface area (Å²) in [6.07, 6.45) is 2.35. The van der Waals surface area contributed by atoms with Crippen LogP contribution in [0.25, 0.3) is 0 Å². The Labute approximate surface area is 136 Å². The molecule has 2 aromatic rings. The van der Waals surface area contributed by atoms with Gasteiger partial charge in [0.25, 0.3) is 5.91 Å². The molecule has 4 nitrogen and oxygen atoms in total. The molecule has 0 unspecified atom stereocenters. The zero-order chi connectivity index (χ0) is 17.5. The van der Waals surface area contributed by atoms with E-state index in [4.69, 9.17) is 4.84 Å². The van der Waals surface area contributed by atoms with Gasteiger partial charge in [-0.3, -0.25) is 4.79 Å². The predicted octanol–water partition coefficient (Wildman–Crippen LogP) is 3.66. The molecule has 0 heterocycles. The second-order valence-electron chi connectivity index (χ2n) is 4.87. The number of carbonyl (C=O) groups is 1. The maximum atomic E-state index is 13.4. The van der Waals surface area contributed by atoms with E-state index < -0.39 is 35.7 Å². The molecule has 0 bridgehead atoms. The van der Waals surface area contributed by atoms with Crippen LogP contribution < -0.4 is 5.32 Å². The van der Waals surface area contributed by atoms with Crippen LogP contribution in [0.5, 0.6) is 0 Å². The summed E-state index contributed by atoms with van der Waals surface area (Å²) < 4.78 is 39.2. The molecule has 24 heavy (non-hydrogen) atoms. The molecule has 7 heteroatoms. The van der Waals surface area contributed by atoms with Crippen molar-refractivity contribution in [2.24, 2.45) is 5.16 Å². The lowest BCUT2D eigenvalue weighted by atomic mass is 10.1. The molecular formula is C17H15F3N2O2. The third-order valence-electron chi connectivity index (χ3n) is 3.17. The third-order valence-corrected chi connectivity index (χ3v) is 3.17. The molecular weight excluding hydrogens is 321 g/mol. The summed E-state index contributed by atoms with van der Waals surface area (Å²) >= 11 is 0. The van der Waals surface area contributed by atoms with Crippen molar-refractivity contribution in [3.05, 3.63) is 65.0 Å². The number of hydrogen-bond acceptors (Lipinski definition) is 3. The van der Waals surface area contributed by atoms with Crippen molar-refractivity contribution in [3.8, 4) is 0 Å². The van der Waals surface area contributed by atoms with E-state index in [1.807, 2.05) is 31.2 Å². The molecule has 0 saturated carbocycles. The molecule has 0 aromatic heterocycles. The van der Waals surface area contributed by atoms with Gasteiger partial charge in [-0.25, -0.2) is 13.2 Å². The van der Waals surface area contributed by atoms with Crippen LogP contribution in [0.15, 0.2) is 41.6 Å². The van der Waals surface area contributed by atoms with Crippen molar-refractivity contribution in [1.29, 1.82) is 0 Å². The van der Waals surface area contributed by atoms with Crippen molar-refractivity contribution >= 4 is 17.8 Å². The summed E-state index contributed by atoms with van der Waals surface area (Å²) in [6.45, 7) is 1.54. The highest BCUT2D eigenvalue weighted by molar-refractivity contribution is 5.91. The van der Waals surface area contributed by atoms with Gasteiger partial charge in [-0.05, 0) is 29.7 Å². The number of amides is 1. The zero-order valence-electron chi connectivity index (χ0n) is 12.9. The van der Waals surface area contributed by atoms with Crippen LogP contribution in [0.3, 0.4) is 0 Å². The standard InChI is InChI=1S/C17H15F3N2O2/c1-2-11-3-5-12(6-4-11)9-21-24-10-15(23)22-14-8-7-13(18)16(19)17(14)20/h3-9H,2,10H2,1H3,(H,22,23)/b21-9-. The van der Waals surface area contributed by atoms with E-state index in [-0.39, 0.29) is 0 Å². The van der Waals surface area contributed by atoms with Gasteiger partial charge in [-0.15, -0.1) is 0 Å². The van der Waals surface area contributed by atoms with Gasteiger partial charge < -0.3 is 10.2 Å². The lowest BCUT2D eigenvalue weighted by molar-refractivity contribution is -0.120. The highest BCUT2D eigenvalue weighted by atomic mass is 19.2. The van der Waals surface area contributed by atoms with Gasteiger partial charge in [0.1, 0.15) is 0 Å². The predicted molar refractivity (Wildman–Crippen MR) is 84.3 cm³/mol. The number of nitrogens with zero attached hydrogens (tertiary/aromatic N) is 1.